The lowest BCUT2D eigenvalue weighted by Gasteiger charge is -2.07. The second kappa shape index (κ2) is 7.38. The molecule has 0 bridgehead atoms. The molecule has 30 heavy (non-hydrogen) atoms. The lowest BCUT2D eigenvalue weighted by molar-refractivity contribution is -0.385. The van der Waals surface area contributed by atoms with E-state index >= 15 is 0 Å². The van der Waals surface area contributed by atoms with Crippen molar-refractivity contribution >= 4 is 37.5 Å². The maximum atomic E-state index is 12.7. The van der Waals surface area contributed by atoms with Gasteiger partial charge in [0.15, 0.2) is 5.43 Å². The minimum Gasteiger partial charge on any atom is -0.463 e. The van der Waals surface area contributed by atoms with Gasteiger partial charge in [-0.1, -0.05) is 0 Å². The summed E-state index contributed by atoms with van der Waals surface area (Å²) in [4.78, 5) is 22.9. The maximum absolute atomic E-state index is 12.7. The first-order chi connectivity index (χ1) is 13.8. The Bertz CT molecular complexity index is 1440. The van der Waals surface area contributed by atoms with Crippen molar-refractivity contribution in [1.82, 2.24) is 0 Å². The van der Waals surface area contributed by atoms with Crippen molar-refractivity contribution in [1.29, 1.82) is 0 Å². The number of nitrogens with zero attached hydrogens (tertiary/aromatic N) is 1. The van der Waals surface area contributed by atoms with Crippen molar-refractivity contribution in [3.8, 4) is 22.6 Å². The molecule has 0 atom stereocenters. The zero-order valence-corrected chi connectivity index (χ0v) is 15.9. The van der Waals surface area contributed by atoms with E-state index in [1.807, 2.05) is 0 Å². The minimum absolute atomic E-state index is 0.0294. The fourth-order valence-electron chi connectivity index (χ4n) is 2.49. The van der Waals surface area contributed by atoms with Crippen LogP contribution in [0.1, 0.15) is 0 Å². The fourth-order valence-corrected chi connectivity index (χ4v) is 3.21. The average Bonchev–Trinajstić information content (AvgIpc) is 2.59. The zero-order valence-electron chi connectivity index (χ0n) is 14.3. The van der Waals surface area contributed by atoms with Crippen LogP contribution >= 0.6 is 0 Å². The third-order valence-electron chi connectivity index (χ3n) is 3.61. The molecule has 3 rings (SSSR count). The van der Waals surface area contributed by atoms with Gasteiger partial charge in [0, 0.05) is 12.1 Å². The molecular formula is C15H9NO12S2. The van der Waals surface area contributed by atoms with Crippen LogP contribution in [0.3, 0.4) is 0 Å². The molecule has 0 radical (unpaired) electrons. The van der Waals surface area contributed by atoms with Gasteiger partial charge in [-0.3, -0.25) is 24.0 Å². The molecule has 158 valence electrons. The van der Waals surface area contributed by atoms with E-state index in [0.717, 1.165) is 42.7 Å². The highest BCUT2D eigenvalue weighted by atomic mass is 32.3. The molecule has 0 saturated heterocycles. The molecule has 0 aliphatic rings. The number of benzene rings is 2. The Kier molecular flexibility index (Phi) is 5.21. The predicted molar refractivity (Wildman–Crippen MR) is 98.9 cm³/mol. The van der Waals surface area contributed by atoms with Crippen LogP contribution < -0.4 is 13.8 Å². The summed E-state index contributed by atoms with van der Waals surface area (Å²) in [6.45, 7) is 0. The zero-order chi connectivity index (χ0) is 22.3. The average molecular weight is 459 g/mol. The first-order valence-corrected chi connectivity index (χ1v) is 10.3. The molecule has 1 heterocycles. The molecule has 0 unspecified atom stereocenters. The van der Waals surface area contributed by atoms with Crippen LogP contribution in [0.15, 0.2) is 51.9 Å². The standard InChI is InChI=1S/C15H9NO12S2/c17-15-10-3-2-9(27-29(20,21)22)6-14(10)26-7-11(15)8-1-4-13(28-30(23,24)25)12(5-8)16(18)19/h1-7H,(H,20,21,22)(H,23,24,25). The normalized spacial score (nSPS) is 11.9. The van der Waals surface area contributed by atoms with Crippen molar-refractivity contribution in [3.63, 3.8) is 0 Å². The highest BCUT2D eigenvalue weighted by Gasteiger charge is 2.22. The molecule has 0 amide bonds. The Morgan fingerprint density at radius 2 is 1.63 bits per heavy atom. The molecular weight excluding hydrogens is 450 g/mol. The first kappa shape index (κ1) is 21.2. The van der Waals surface area contributed by atoms with Gasteiger partial charge in [0.2, 0.25) is 5.75 Å². The Balaban J connectivity index is 2.11. The lowest BCUT2D eigenvalue weighted by Crippen LogP contribution is -2.09. The van der Waals surface area contributed by atoms with E-state index in [2.05, 4.69) is 8.37 Å². The number of rotatable bonds is 6. The number of nitro benzene ring substituents is 1. The van der Waals surface area contributed by atoms with E-state index in [4.69, 9.17) is 13.5 Å². The monoisotopic (exact) mass is 459 g/mol. The lowest BCUT2D eigenvalue weighted by atomic mass is 10.0. The summed E-state index contributed by atoms with van der Waals surface area (Å²) in [6.07, 6.45) is 0.935. The van der Waals surface area contributed by atoms with Crippen molar-refractivity contribution in [2.45, 2.75) is 0 Å². The van der Waals surface area contributed by atoms with Gasteiger partial charge in [-0.05, 0) is 29.8 Å². The molecule has 0 saturated carbocycles. The summed E-state index contributed by atoms with van der Waals surface area (Å²) in [6, 6.07) is 6.08. The van der Waals surface area contributed by atoms with Crippen LogP contribution in [-0.2, 0) is 20.8 Å². The molecule has 15 heteroatoms. The smallest absolute Gasteiger partial charge is 0.446 e. The van der Waals surface area contributed by atoms with E-state index in [0.29, 0.717) is 0 Å². The van der Waals surface area contributed by atoms with Gasteiger partial charge in [0.25, 0.3) is 0 Å². The number of hydrogen-bond donors (Lipinski definition) is 2. The fraction of sp³-hybridized carbons (Fsp3) is 0. The quantitative estimate of drug-likeness (QED) is 0.307. The Hall–Kier alpha value is -3.53. The van der Waals surface area contributed by atoms with Crippen molar-refractivity contribution < 1.29 is 43.6 Å². The number of fused-ring (bicyclic) bond motifs is 1. The summed E-state index contributed by atoms with van der Waals surface area (Å²) in [5.41, 5.74) is -1.79. The molecule has 2 N–H and O–H groups in total. The second-order valence-electron chi connectivity index (χ2n) is 5.60. The van der Waals surface area contributed by atoms with E-state index < -0.39 is 42.6 Å². The summed E-state index contributed by atoms with van der Waals surface area (Å²) < 4.78 is 74.3. The molecule has 0 fully saturated rings. The Morgan fingerprint density at radius 1 is 0.967 bits per heavy atom. The molecule has 1 aromatic heterocycles. The van der Waals surface area contributed by atoms with Gasteiger partial charge in [-0.25, -0.2) is 0 Å². The molecule has 3 aromatic rings. The van der Waals surface area contributed by atoms with Crippen molar-refractivity contribution in [2.24, 2.45) is 0 Å². The molecule has 0 spiro atoms. The third-order valence-corrected chi connectivity index (χ3v) is 4.40. The SMILES string of the molecule is O=c1c(-c2ccc(OS(=O)(=O)O)c([N+](=O)[O-])c2)coc2cc(OS(=O)(=O)O)ccc12. The van der Waals surface area contributed by atoms with Gasteiger partial charge in [-0.15, -0.1) is 0 Å². The minimum atomic E-state index is -5.02. The van der Waals surface area contributed by atoms with Crippen LogP contribution in [0.4, 0.5) is 5.69 Å². The van der Waals surface area contributed by atoms with Gasteiger partial charge in [-0.2, -0.15) is 16.8 Å². The van der Waals surface area contributed by atoms with Crippen molar-refractivity contribution in [3.05, 3.63) is 63.0 Å². The van der Waals surface area contributed by atoms with Crippen LogP contribution in [0.2, 0.25) is 0 Å². The topological polar surface area (TPSA) is 201 Å². The molecule has 0 aliphatic carbocycles. The van der Waals surface area contributed by atoms with Crippen LogP contribution in [-0.4, -0.2) is 30.9 Å². The first-order valence-electron chi connectivity index (χ1n) is 7.52. The van der Waals surface area contributed by atoms with Gasteiger partial charge < -0.3 is 12.8 Å². The molecule has 0 aliphatic heterocycles. The van der Waals surface area contributed by atoms with Crippen LogP contribution in [0.5, 0.6) is 11.5 Å². The summed E-state index contributed by atoms with van der Waals surface area (Å²) in [5, 5.41) is 11.2. The van der Waals surface area contributed by atoms with E-state index in [1.165, 1.54) is 0 Å². The highest BCUT2D eigenvalue weighted by Crippen LogP contribution is 2.33. The molecule has 13 nitrogen and oxygen atoms in total. The number of nitro groups is 1. The largest absolute Gasteiger partial charge is 0.463 e. The van der Waals surface area contributed by atoms with E-state index in [-0.39, 0.29) is 27.8 Å². The summed E-state index contributed by atoms with van der Waals surface area (Å²) in [7, 11) is -9.82. The highest BCUT2D eigenvalue weighted by molar-refractivity contribution is 7.81. The second-order valence-corrected chi connectivity index (χ2v) is 7.64. The number of hydrogen-bond acceptors (Lipinski definition) is 10. The van der Waals surface area contributed by atoms with Crippen LogP contribution in [0.25, 0.3) is 22.1 Å². The Labute approximate surface area is 167 Å². The molecule has 2 aromatic carbocycles. The van der Waals surface area contributed by atoms with E-state index in [1.54, 1.807) is 0 Å². The maximum Gasteiger partial charge on any atom is 0.446 e. The third kappa shape index (κ3) is 4.71. The van der Waals surface area contributed by atoms with Gasteiger partial charge >= 0.3 is 26.5 Å². The predicted octanol–water partition coefficient (Wildman–Crippen LogP) is 1.73. The van der Waals surface area contributed by atoms with Crippen LogP contribution in [0, 0.1) is 10.1 Å². The summed E-state index contributed by atoms with van der Waals surface area (Å²) >= 11 is 0. The van der Waals surface area contributed by atoms with E-state index in [9.17, 15) is 31.7 Å². The van der Waals surface area contributed by atoms with Gasteiger partial charge in [0.05, 0.1) is 15.9 Å². The van der Waals surface area contributed by atoms with Gasteiger partial charge in [0.1, 0.15) is 17.6 Å². The summed E-state index contributed by atoms with van der Waals surface area (Å²) in [5.74, 6) is -1.10. The Morgan fingerprint density at radius 3 is 2.23 bits per heavy atom. The van der Waals surface area contributed by atoms with Crippen molar-refractivity contribution in [2.75, 3.05) is 0 Å².